The van der Waals surface area contributed by atoms with Gasteiger partial charge in [-0.25, -0.2) is 0 Å². The molecule has 5 aliphatic rings. The number of likely N-dealkylation sites (tertiary alicyclic amines) is 1. The fraction of sp³-hybridized carbons (Fsp3) is 0.429. The summed E-state index contributed by atoms with van der Waals surface area (Å²) in [6.45, 7) is 7.67. The summed E-state index contributed by atoms with van der Waals surface area (Å²) < 4.78 is 6.06. The molecule has 4 unspecified atom stereocenters. The molecule has 296 valence electrons. The number of amides is 5. The highest BCUT2D eigenvalue weighted by atomic mass is 35.5. The highest BCUT2D eigenvalue weighted by Crippen LogP contribution is 2.33. The number of carbonyl (C=O) groups is 5. The minimum atomic E-state index is -0.983. The van der Waals surface area contributed by atoms with Crippen molar-refractivity contribution in [3.63, 3.8) is 0 Å². The monoisotopic (exact) mass is 793 g/mol. The van der Waals surface area contributed by atoms with Crippen LogP contribution in [0.15, 0.2) is 60.7 Å². The van der Waals surface area contributed by atoms with E-state index in [1.807, 2.05) is 43.3 Å². The summed E-state index contributed by atoms with van der Waals surface area (Å²) in [6.07, 6.45) is 0.708. The number of piperazine rings is 1. The molecule has 0 aliphatic carbocycles. The molecule has 4 fully saturated rings. The number of hydrogen-bond donors (Lipinski definition) is 2. The van der Waals surface area contributed by atoms with Gasteiger partial charge in [0.25, 0.3) is 17.7 Å². The number of halogens is 1. The van der Waals surface area contributed by atoms with Gasteiger partial charge in [-0.05, 0) is 73.9 Å². The zero-order valence-electron chi connectivity index (χ0n) is 31.6. The Bertz CT molecular complexity index is 2130. The number of nitriles is 1. The van der Waals surface area contributed by atoms with Crippen LogP contribution in [0.4, 0.5) is 11.4 Å². The normalized spacial score (nSPS) is 24.7. The maximum atomic E-state index is 13.5. The van der Waals surface area contributed by atoms with Gasteiger partial charge >= 0.3 is 0 Å². The van der Waals surface area contributed by atoms with Crippen molar-refractivity contribution in [1.29, 1.82) is 5.26 Å². The van der Waals surface area contributed by atoms with Crippen LogP contribution in [-0.2, 0) is 9.59 Å². The summed E-state index contributed by atoms with van der Waals surface area (Å²) in [5, 5.41) is 22.6. The maximum absolute atomic E-state index is 13.5. The number of anilines is 2. The molecule has 0 aromatic heterocycles. The number of piperidine rings is 3. The standard InChI is InChI=1S/C42H44ClN7O7/c1-25-23-49(24-36(51)38(25)57-31-8-4-27(22-44)34(43)21-31)40(54)26-2-5-28(6-3-26)47-16-18-48(19-17-47)29-12-14-46(15-13-29)30-7-9-32-33(20-30)42(56)50(41(32)55)35-10-11-37(52)45-39(35)53/h2-9,20-21,25,29,35-36,38,51H,10-19,23-24H2,1H3,(H,45,52,53). The van der Waals surface area contributed by atoms with Crippen molar-refractivity contribution < 1.29 is 33.8 Å². The fourth-order valence-electron chi connectivity index (χ4n) is 8.90. The molecule has 4 saturated heterocycles. The molecule has 3 aromatic carbocycles. The van der Waals surface area contributed by atoms with Crippen LogP contribution in [-0.4, -0.2) is 126 Å². The Morgan fingerprint density at radius 1 is 0.842 bits per heavy atom. The van der Waals surface area contributed by atoms with Gasteiger partial charge in [-0.1, -0.05) is 18.5 Å². The minimum Gasteiger partial charge on any atom is -0.487 e. The number of fused-ring (bicyclic) bond motifs is 1. The van der Waals surface area contributed by atoms with E-state index in [0.29, 0.717) is 35.0 Å². The first-order chi connectivity index (χ1) is 27.5. The van der Waals surface area contributed by atoms with E-state index >= 15 is 0 Å². The van der Waals surface area contributed by atoms with E-state index in [4.69, 9.17) is 21.6 Å². The number of benzene rings is 3. The molecule has 0 bridgehead atoms. The predicted octanol–water partition coefficient (Wildman–Crippen LogP) is 3.30. The Balaban J connectivity index is 0.805. The van der Waals surface area contributed by atoms with Crippen molar-refractivity contribution in [2.75, 3.05) is 62.2 Å². The number of rotatable bonds is 7. The number of β-amino-alcohol motifs (C(OH)–C–C–N with tert-alkyl or cyclic N) is 1. The van der Waals surface area contributed by atoms with Gasteiger partial charge < -0.3 is 24.5 Å². The summed E-state index contributed by atoms with van der Waals surface area (Å²) in [7, 11) is 0. The second-order valence-corrected chi connectivity index (χ2v) is 16.0. The Morgan fingerprint density at radius 2 is 1.53 bits per heavy atom. The van der Waals surface area contributed by atoms with Gasteiger partial charge in [0, 0.05) is 87.2 Å². The van der Waals surface area contributed by atoms with Gasteiger partial charge in [0.05, 0.1) is 28.3 Å². The van der Waals surface area contributed by atoms with Crippen LogP contribution in [0.3, 0.4) is 0 Å². The first kappa shape index (κ1) is 38.4. The van der Waals surface area contributed by atoms with E-state index in [0.717, 1.165) is 68.4 Å². The largest absolute Gasteiger partial charge is 0.487 e. The smallest absolute Gasteiger partial charge is 0.262 e. The molecule has 8 rings (SSSR count). The topological polar surface area (TPSA) is 167 Å². The number of nitrogens with one attached hydrogen (secondary N) is 1. The third-order valence-corrected chi connectivity index (χ3v) is 12.4. The van der Waals surface area contributed by atoms with Crippen LogP contribution in [0.2, 0.25) is 5.02 Å². The van der Waals surface area contributed by atoms with Crippen molar-refractivity contribution >= 4 is 52.5 Å². The number of hydrogen-bond acceptors (Lipinski definition) is 11. The molecule has 15 heteroatoms. The average molecular weight is 794 g/mol. The van der Waals surface area contributed by atoms with Crippen molar-refractivity contribution in [2.45, 2.75) is 56.9 Å². The zero-order chi connectivity index (χ0) is 40.0. The quantitative estimate of drug-likeness (QED) is 0.337. The molecule has 5 heterocycles. The number of carbonyl (C=O) groups excluding carboxylic acids is 5. The molecular formula is C42H44ClN7O7. The van der Waals surface area contributed by atoms with E-state index in [1.54, 1.807) is 35.2 Å². The highest BCUT2D eigenvalue weighted by Gasteiger charge is 2.45. The minimum absolute atomic E-state index is 0.0835. The van der Waals surface area contributed by atoms with Crippen molar-refractivity contribution in [3.8, 4) is 11.8 Å². The van der Waals surface area contributed by atoms with E-state index in [1.165, 1.54) is 0 Å². The van der Waals surface area contributed by atoms with Crippen LogP contribution >= 0.6 is 11.6 Å². The number of aliphatic hydroxyl groups is 1. The van der Waals surface area contributed by atoms with Gasteiger partial charge in [0.15, 0.2) is 0 Å². The van der Waals surface area contributed by atoms with Crippen LogP contribution in [0.1, 0.15) is 69.2 Å². The average Bonchev–Trinajstić information content (AvgIpc) is 3.47. The molecule has 3 aromatic rings. The molecule has 2 N–H and O–H groups in total. The van der Waals surface area contributed by atoms with Gasteiger partial charge in [0.1, 0.15) is 30.1 Å². The molecule has 5 aliphatic heterocycles. The van der Waals surface area contributed by atoms with E-state index in [2.05, 4.69) is 20.0 Å². The predicted molar refractivity (Wildman–Crippen MR) is 210 cm³/mol. The molecule has 14 nitrogen and oxygen atoms in total. The lowest BCUT2D eigenvalue weighted by molar-refractivity contribution is -0.136. The van der Waals surface area contributed by atoms with E-state index in [-0.39, 0.29) is 41.8 Å². The first-order valence-electron chi connectivity index (χ1n) is 19.5. The Kier molecular flexibility index (Phi) is 10.6. The molecule has 5 amide bonds. The van der Waals surface area contributed by atoms with Crippen molar-refractivity contribution in [3.05, 3.63) is 87.9 Å². The Hall–Kier alpha value is -5.49. The van der Waals surface area contributed by atoms with Crippen molar-refractivity contribution in [1.82, 2.24) is 20.0 Å². The highest BCUT2D eigenvalue weighted by molar-refractivity contribution is 6.31. The van der Waals surface area contributed by atoms with Crippen LogP contribution in [0, 0.1) is 17.2 Å². The fourth-order valence-corrected chi connectivity index (χ4v) is 9.11. The molecule has 4 atom stereocenters. The van der Waals surface area contributed by atoms with Crippen LogP contribution in [0.5, 0.6) is 5.75 Å². The first-order valence-corrected chi connectivity index (χ1v) is 19.9. The van der Waals surface area contributed by atoms with E-state index < -0.39 is 41.9 Å². The molecule has 57 heavy (non-hydrogen) atoms. The second kappa shape index (κ2) is 15.8. The van der Waals surface area contributed by atoms with Crippen LogP contribution < -0.4 is 19.9 Å². The lowest BCUT2D eigenvalue weighted by Gasteiger charge is -2.44. The summed E-state index contributed by atoms with van der Waals surface area (Å²) >= 11 is 6.16. The Labute approximate surface area is 335 Å². The lowest BCUT2D eigenvalue weighted by atomic mass is 9.93. The number of ether oxygens (including phenoxy) is 1. The number of aliphatic hydroxyl groups excluding tert-OH is 1. The summed E-state index contributed by atoms with van der Waals surface area (Å²) in [5.41, 5.74) is 3.42. The summed E-state index contributed by atoms with van der Waals surface area (Å²) in [6, 6.07) is 19.3. The Morgan fingerprint density at radius 3 is 2.19 bits per heavy atom. The molecule has 0 saturated carbocycles. The molecular weight excluding hydrogens is 750 g/mol. The zero-order valence-corrected chi connectivity index (χ0v) is 32.4. The third kappa shape index (κ3) is 7.55. The van der Waals surface area contributed by atoms with Gasteiger partial charge in [-0.3, -0.25) is 39.1 Å². The molecule has 0 spiro atoms. The third-order valence-electron chi connectivity index (χ3n) is 12.0. The number of imide groups is 2. The van der Waals surface area contributed by atoms with Gasteiger partial charge in [-0.2, -0.15) is 5.26 Å². The van der Waals surface area contributed by atoms with Crippen LogP contribution in [0.25, 0.3) is 0 Å². The second-order valence-electron chi connectivity index (χ2n) is 15.6. The van der Waals surface area contributed by atoms with Gasteiger partial charge in [-0.15, -0.1) is 0 Å². The number of nitrogens with zero attached hydrogens (tertiary/aromatic N) is 6. The summed E-state index contributed by atoms with van der Waals surface area (Å²) in [4.78, 5) is 73.8. The summed E-state index contributed by atoms with van der Waals surface area (Å²) in [5.74, 6) is -1.83. The van der Waals surface area contributed by atoms with Gasteiger partial charge in [0.2, 0.25) is 11.8 Å². The lowest BCUT2D eigenvalue weighted by Crippen LogP contribution is -2.55. The maximum Gasteiger partial charge on any atom is 0.262 e. The van der Waals surface area contributed by atoms with E-state index in [9.17, 15) is 29.1 Å². The molecule has 0 radical (unpaired) electrons. The SMILES string of the molecule is CC1CN(C(=O)c2ccc(N3CCN(C4CCN(c5ccc6c(c5)C(=O)N(C5CCC(=O)NC5=O)C6=O)CC4)CC3)cc2)CC(O)C1Oc1ccc(C#N)c(Cl)c1. The van der Waals surface area contributed by atoms with Crippen molar-refractivity contribution in [2.24, 2.45) is 5.92 Å².